The van der Waals surface area contributed by atoms with Crippen molar-refractivity contribution in [2.75, 3.05) is 17.6 Å². The van der Waals surface area contributed by atoms with Crippen LogP contribution >= 0.6 is 23.2 Å². The summed E-state index contributed by atoms with van der Waals surface area (Å²) < 4.78 is 32.2. The lowest BCUT2D eigenvalue weighted by molar-refractivity contribution is 0.417. The molecule has 0 saturated heterocycles. The van der Waals surface area contributed by atoms with Gasteiger partial charge in [0.25, 0.3) is 10.0 Å². The summed E-state index contributed by atoms with van der Waals surface area (Å²) in [4.78, 5) is -0.0427. The van der Waals surface area contributed by atoms with Crippen LogP contribution in [0.15, 0.2) is 41.3 Å². The number of sulfonamides is 1. The molecule has 0 atom stereocenters. The van der Waals surface area contributed by atoms with Crippen LogP contribution in [0.3, 0.4) is 0 Å². The van der Waals surface area contributed by atoms with Gasteiger partial charge in [-0.3, -0.25) is 4.72 Å². The van der Waals surface area contributed by atoms with Gasteiger partial charge in [-0.1, -0.05) is 23.2 Å². The molecule has 21 heavy (non-hydrogen) atoms. The minimum atomic E-state index is -3.84. The summed E-state index contributed by atoms with van der Waals surface area (Å²) >= 11 is 11.6. The Bertz CT molecular complexity index is 759. The molecule has 8 heteroatoms. The Labute approximate surface area is 132 Å². The molecule has 2 aromatic carbocycles. The largest absolute Gasteiger partial charge is 0.494 e. The maximum absolute atomic E-state index is 12.3. The van der Waals surface area contributed by atoms with Crippen molar-refractivity contribution in [3.63, 3.8) is 0 Å². The van der Waals surface area contributed by atoms with E-state index in [2.05, 4.69) is 4.72 Å². The number of nitrogens with two attached hydrogens (primary N) is 1. The fourth-order valence-corrected chi connectivity index (χ4v) is 3.48. The average molecular weight is 347 g/mol. The zero-order chi connectivity index (χ0) is 15.6. The number of anilines is 2. The number of nitrogen functional groups attached to an aromatic ring is 1. The van der Waals surface area contributed by atoms with E-state index < -0.39 is 10.0 Å². The highest BCUT2D eigenvalue weighted by molar-refractivity contribution is 7.92. The fraction of sp³-hybridized carbons (Fsp3) is 0.0769. The van der Waals surface area contributed by atoms with Gasteiger partial charge in [0.05, 0.1) is 17.7 Å². The topological polar surface area (TPSA) is 81.4 Å². The Kier molecular flexibility index (Phi) is 4.51. The van der Waals surface area contributed by atoms with Gasteiger partial charge in [0.1, 0.15) is 5.75 Å². The molecule has 2 aromatic rings. The molecule has 0 heterocycles. The lowest BCUT2D eigenvalue weighted by atomic mass is 10.2. The van der Waals surface area contributed by atoms with Crippen LogP contribution in [0, 0.1) is 0 Å². The fourth-order valence-electron chi connectivity index (χ4n) is 1.68. The van der Waals surface area contributed by atoms with Crippen molar-refractivity contribution in [3.8, 4) is 5.75 Å². The molecule has 0 bridgehead atoms. The van der Waals surface area contributed by atoms with E-state index in [0.717, 1.165) is 0 Å². The highest BCUT2D eigenvalue weighted by Gasteiger charge is 2.18. The molecular formula is C13H12Cl2N2O3S. The zero-order valence-electron chi connectivity index (χ0n) is 10.9. The van der Waals surface area contributed by atoms with Gasteiger partial charge in [-0.2, -0.15) is 0 Å². The molecule has 5 nitrogen and oxygen atoms in total. The van der Waals surface area contributed by atoms with Crippen molar-refractivity contribution in [1.82, 2.24) is 0 Å². The quantitative estimate of drug-likeness (QED) is 0.831. The van der Waals surface area contributed by atoms with E-state index in [1.54, 1.807) is 6.07 Å². The van der Waals surface area contributed by atoms with Crippen molar-refractivity contribution in [1.29, 1.82) is 0 Å². The van der Waals surface area contributed by atoms with Crippen LogP contribution in [-0.2, 0) is 10.0 Å². The third-order valence-corrected chi connectivity index (χ3v) is 4.40. The van der Waals surface area contributed by atoms with E-state index in [1.807, 2.05) is 0 Å². The smallest absolute Gasteiger partial charge is 0.262 e. The lowest BCUT2D eigenvalue weighted by Crippen LogP contribution is -2.13. The number of rotatable bonds is 4. The first-order valence-corrected chi connectivity index (χ1v) is 7.98. The normalized spacial score (nSPS) is 11.2. The second-order valence-electron chi connectivity index (χ2n) is 4.17. The molecule has 0 saturated carbocycles. The Morgan fingerprint density at radius 1 is 1.10 bits per heavy atom. The van der Waals surface area contributed by atoms with Crippen LogP contribution < -0.4 is 15.2 Å². The Morgan fingerprint density at radius 2 is 1.71 bits per heavy atom. The maximum atomic E-state index is 12.3. The molecule has 0 aliphatic rings. The first-order chi connectivity index (χ1) is 9.81. The number of ether oxygens (including phenoxy) is 1. The van der Waals surface area contributed by atoms with Gasteiger partial charge in [0.15, 0.2) is 0 Å². The van der Waals surface area contributed by atoms with E-state index >= 15 is 0 Å². The van der Waals surface area contributed by atoms with Crippen LogP contribution in [0.5, 0.6) is 5.75 Å². The number of nitrogens with one attached hydrogen (secondary N) is 1. The van der Waals surface area contributed by atoms with E-state index in [1.165, 1.54) is 37.4 Å². The summed E-state index contributed by atoms with van der Waals surface area (Å²) in [6, 6.07) is 8.65. The number of methoxy groups -OCH3 is 1. The van der Waals surface area contributed by atoms with Gasteiger partial charge in [-0.25, -0.2) is 8.42 Å². The highest BCUT2D eigenvalue weighted by atomic mass is 35.5. The predicted octanol–water partition coefficient (Wildman–Crippen LogP) is 3.39. The monoisotopic (exact) mass is 346 g/mol. The molecule has 0 aromatic heterocycles. The maximum Gasteiger partial charge on any atom is 0.262 e. The molecular weight excluding hydrogens is 335 g/mol. The lowest BCUT2D eigenvalue weighted by Gasteiger charge is -2.12. The van der Waals surface area contributed by atoms with Crippen LogP contribution in [0.1, 0.15) is 0 Å². The summed E-state index contributed by atoms with van der Waals surface area (Å²) in [6.45, 7) is 0. The number of halogens is 2. The second kappa shape index (κ2) is 6.01. The van der Waals surface area contributed by atoms with Crippen molar-refractivity contribution < 1.29 is 13.2 Å². The number of hydrogen-bond acceptors (Lipinski definition) is 4. The molecule has 0 aliphatic heterocycles. The Morgan fingerprint density at radius 3 is 2.29 bits per heavy atom. The molecule has 0 amide bonds. The van der Waals surface area contributed by atoms with Gasteiger partial charge in [-0.05, 0) is 30.3 Å². The van der Waals surface area contributed by atoms with E-state index in [0.29, 0.717) is 11.4 Å². The van der Waals surface area contributed by atoms with Crippen LogP contribution in [0.2, 0.25) is 10.0 Å². The molecule has 112 valence electrons. The van der Waals surface area contributed by atoms with Gasteiger partial charge >= 0.3 is 0 Å². The molecule has 0 spiro atoms. The first-order valence-electron chi connectivity index (χ1n) is 5.74. The minimum Gasteiger partial charge on any atom is -0.494 e. The molecule has 0 aliphatic carbocycles. The standard InChI is InChI=1S/C13H12Cl2N2O3S/c1-20-13-7-10(16)2-3-12(13)17-21(18,19)11-5-8(14)4-9(15)6-11/h2-7,17H,16H2,1H3. The Hall–Kier alpha value is -1.63. The number of hydrogen-bond donors (Lipinski definition) is 2. The number of benzene rings is 2. The van der Waals surface area contributed by atoms with Crippen molar-refractivity contribution >= 4 is 44.6 Å². The van der Waals surface area contributed by atoms with Crippen LogP contribution in [-0.4, -0.2) is 15.5 Å². The van der Waals surface area contributed by atoms with Gasteiger partial charge in [0.2, 0.25) is 0 Å². The minimum absolute atomic E-state index is 0.0427. The van der Waals surface area contributed by atoms with Crippen molar-refractivity contribution in [2.24, 2.45) is 0 Å². The third-order valence-electron chi connectivity index (χ3n) is 2.62. The summed E-state index contributed by atoms with van der Waals surface area (Å²) in [5.41, 5.74) is 6.35. The van der Waals surface area contributed by atoms with Crippen molar-refractivity contribution in [2.45, 2.75) is 4.90 Å². The van der Waals surface area contributed by atoms with Crippen molar-refractivity contribution in [3.05, 3.63) is 46.4 Å². The first kappa shape index (κ1) is 15.8. The van der Waals surface area contributed by atoms with Gasteiger partial charge in [-0.15, -0.1) is 0 Å². The van der Waals surface area contributed by atoms with E-state index in [4.69, 9.17) is 33.7 Å². The summed E-state index contributed by atoms with van der Waals surface area (Å²) in [5.74, 6) is 0.312. The molecule has 0 fully saturated rings. The summed E-state index contributed by atoms with van der Waals surface area (Å²) in [5, 5.41) is 0.458. The zero-order valence-corrected chi connectivity index (χ0v) is 13.3. The third kappa shape index (κ3) is 3.72. The molecule has 0 unspecified atom stereocenters. The average Bonchev–Trinajstić information content (AvgIpc) is 2.39. The summed E-state index contributed by atoms with van der Waals surface area (Å²) in [6.07, 6.45) is 0. The molecule has 0 radical (unpaired) electrons. The Balaban J connectivity index is 2.42. The van der Waals surface area contributed by atoms with Crippen LogP contribution in [0.25, 0.3) is 0 Å². The highest BCUT2D eigenvalue weighted by Crippen LogP contribution is 2.30. The van der Waals surface area contributed by atoms with E-state index in [-0.39, 0.29) is 20.6 Å². The SMILES string of the molecule is COc1cc(N)ccc1NS(=O)(=O)c1cc(Cl)cc(Cl)c1. The van der Waals surface area contributed by atoms with Gasteiger partial charge in [0, 0.05) is 21.8 Å². The van der Waals surface area contributed by atoms with Crippen LogP contribution in [0.4, 0.5) is 11.4 Å². The molecule has 3 N–H and O–H groups in total. The molecule has 2 rings (SSSR count). The summed E-state index contributed by atoms with van der Waals surface area (Å²) in [7, 11) is -2.42. The van der Waals surface area contributed by atoms with Gasteiger partial charge < -0.3 is 10.5 Å². The predicted molar refractivity (Wildman–Crippen MR) is 84.7 cm³/mol. The van der Waals surface area contributed by atoms with E-state index in [9.17, 15) is 8.42 Å². The second-order valence-corrected chi connectivity index (χ2v) is 6.73.